The zero-order valence-electron chi connectivity index (χ0n) is 18.2. The Balaban J connectivity index is 1.83. The molecule has 160 valence electrons. The van der Waals surface area contributed by atoms with Crippen LogP contribution in [0.4, 0.5) is 0 Å². The van der Waals surface area contributed by atoms with Crippen molar-refractivity contribution >= 4 is 18.1 Å². The van der Waals surface area contributed by atoms with E-state index in [2.05, 4.69) is 67.7 Å². The summed E-state index contributed by atoms with van der Waals surface area (Å²) in [7, 11) is 0. The number of benzene rings is 3. The highest BCUT2D eigenvalue weighted by Gasteiger charge is 2.31. The van der Waals surface area contributed by atoms with E-state index in [4.69, 9.17) is 0 Å². The molecule has 3 aromatic rings. The van der Waals surface area contributed by atoms with E-state index in [0.717, 1.165) is 22.3 Å². The van der Waals surface area contributed by atoms with Crippen molar-refractivity contribution in [3.63, 3.8) is 0 Å². The van der Waals surface area contributed by atoms with Crippen molar-refractivity contribution in [2.24, 2.45) is 0 Å². The third kappa shape index (κ3) is 5.29. The minimum absolute atomic E-state index is 0.354. The van der Waals surface area contributed by atoms with Gasteiger partial charge in [-0.15, -0.1) is 0 Å². The molecule has 3 rings (SSSR count). The van der Waals surface area contributed by atoms with Crippen molar-refractivity contribution < 1.29 is 15.0 Å². The molecule has 1 atom stereocenters. The number of aliphatic hydroxyl groups is 1. The number of nitrogens with one attached hydrogen (secondary N) is 1. The molecule has 4 heteroatoms. The Kier molecular flexibility index (Phi) is 7.06. The van der Waals surface area contributed by atoms with E-state index in [9.17, 15) is 15.0 Å². The Labute approximate surface area is 183 Å². The first kappa shape index (κ1) is 22.5. The number of rotatable bonds is 8. The summed E-state index contributed by atoms with van der Waals surface area (Å²) in [6, 6.07) is 22.7. The van der Waals surface area contributed by atoms with E-state index in [1.54, 1.807) is 0 Å². The number of carbonyl (C=O) groups is 1. The van der Waals surface area contributed by atoms with Crippen molar-refractivity contribution in [3.8, 4) is 11.1 Å². The van der Waals surface area contributed by atoms with Crippen LogP contribution in [-0.4, -0.2) is 28.3 Å². The zero-order valence-corrected chi connectivity index (χ0v) is 18.2. The van der Waals surface area contributed by atoms with Crippen LogP contribution >= 0.6 is 0 Å². The average Bonchev–Trinajstić information content (AvgIpc) is 2.78. The molecule has 0 spiro atoms. The second-order valence-electron chi connectivity index (χ2n) is 8.06. The van der Waals surface area contributed by atoms with E-state index in [1.165, 1.54) is 23.6 Å². The van der Waals surface area contributed by atoms with Gasteiger partial charge in [-0.1, -0.05) is 78.9 Å². The molecule has 0 heterocycles. The number of hydrogen-bond donors (Lipinski definition) is 3. The number of carboxylic acid groups (broad SMARTS) is 1. The largest absolute Gasteiger partial charge is 0.480 e. The molecular weight excluding hydrogens is 386 g/mol. The highest BCUT2D eigenvalue weighted by atomic mass is 16.4. The molecule has 0 aliphatic rings. The van der Waals surface area contributed by atoms with Crippen LogP contribution < -0.4 is 5.32 Å². The molecule has 31 heavy (non-hydrogen) atoms. The molecule has 0 saturated carbocycles. The lowest BCUT2D eigenvalue weighted by Crippen LogP contribution is -2.52. The number of hydrogen-bond acceptors (Lipinski definition) is 3. The lowest BCUT2D eigenvalue weighted by atomic mass is 9.95. The summed E-state index contributed by atoms with van der Waals surface area (Å²) >= 11 is 0. The van der Waals surface area contributed by atoms with Gasteiger partial charge in [-0.3, -0.25) is 10.1 Å². The summed E-state index contributed by atoms with van der Waals surface area (Å²) in [4.78, 5) is 11.4. The predicted octanol–water partition coefficient (Wildman–Crippen LogP) is 5.07. The van der Waals surface area contributed by atoms with Gasteiger partial charge in [0.05, 0.1) is 6.61 Å². The van der Waals surface area contributed by atoms with Crippen LogP contribution in [0.15, 0.2) is 66.7 Å². The fourth-order valence-electron chi connectivity index (χ4n) is 3.42. The Hall–Kier alpha value is -3.21. The number of aliphatic carboxylic acids is 1. The summed E-state index contributed by atoms with van der Waals surface area (Å²) in [6.07, 6.45) is 4.22. The third-order valence-electron chi connectivity index (χ3n) is 5.72. The predicted molar refractivity (Wildman–Crippen MR) is 127 cm³/mol. The molecule has 0 aromatic heterocycles. The Bertz CT molecular complexity index is 1090. The van der Waals surface area contributed by atoms with Gasteiger partial charge in [-0.25, -0.2) is 0 Å². The maximum atomic E-state index is 11.4. The summed E-state index contributed by atoms with van der Waals surface area (Å²) in [5, 5.41) is 21.7. The van der Waals surface area contributed by atoms with Crippen LogP contribution in [-0.2, 0) is 11.3 Å². The van der Waals surface area contributed by atoms with Gasteiger partial charge < -0.3 is 10.2 Å². The lowest BCUT2D eigenvalue weighted by Gasteiger charge is -2.24. The number of carboxylic acids is 1. The number of aryl methyl sites for hydroxylation is 1. The molecular formula is C27H29NO3. The summed E-state index contributed by atoms with van der Waals surface area (Å²) in [5.41, 5.74) is 6.60. The van der Waals surface area contributed by atoms with Crippen LogP contribution in [0.2, 0.25) is 0 Å². The first-order valence-corrected chi connectivity index (χ1v) is 10.4. The molecule has 0 radical (unpaired) electrons. The summed E-state index contributed by atoms with van der Waals surface area (Å²) in [5.74, 6) is -1.07. The van der Waals surface area contributed by atoms with Gasteiger partial charge >= 0.3 is 5.97 Å². The molecule has 3 aromatic carbocycles. The van der Waals surface area contributed by atoms with Gasteiger partial charge in [0.1, 0.15) is 5.54 Å². The smallest absolute Gasteiger partial charge is 0.326 e. The maximum absolute atomic E-state index is 11.4. The fourth-order valence-corrected chi connectivity index (χ4v) is 3.42. The van der Waals surface area contributed by atoms with Crippen molar-refractivity contribution in [2.75, 3.05) is 6.61 Å². The summed E-state index contributed by atoms with van der Waals surface area (Å²) in [6.45, 7) is 5.55. The van der Waals surface area contributed by atoms with E-state index >= 15 is 0 Å². The van der Waals surface area contributed by atoms with Gasteiger partial charge in [0.15, 0.2) is 0 Å². The molecule has 4 nitrogen and oxygen atoms in total. The van der Waals surface area contributed by atoms with Gasteiger partial charge in [0.25, 0.3) is 0 Å². The van der Waals surface area contributed by atoms with Crippen molar-refractivity contribution in [2.45, 2.75) is 32.9 Å². The van der Waals surface area contributed by atoms with Crippen molar-refractivity contribution in [1.29, 1.82) is 0 Å². The maximum Gasteiger partial charge on any atom is 0.326 e. The zero-order chi connectivity index (χ0) is 22.4. The standard InChI is InChI=1S/C27H29NO3/c1-19-12-13-21(17-28-27(3,18-29)26(30)31)16-24(19)15-14-22-10-7-11-25(20(22)2)23-8-5-4-6-9-23/h4-16,28-29H,17-18H2,1-3H3,(H,30,31)/b15-14+/t27-/m1/s1. The van der Waals surface area contributed by atoms with E-state index in [0.29, 0.717) is 6.54 Å². The minimum Gasteiger partial charge on any atom is -0.480 e. The van der Waals surface area contributed by atoms with E-state index < -0.39 is 18.1 Å². The lowest BCUT2D eigenvalue weighted by molar-refractivity contribution is -0.145. The Morgan fingerprint density at radius 2 is 1.68 bits per heavy atom. The third-order valence-corrected chi connectivity index (χ3v) is 5.72. The monoisotopic (exact) mass is 415 g/mol. The quantitative estimate of drug-likeness (QED) is 0.450. The van der Waals surface area contributed by atoms with Crippen LogP contribution in [0.25, 0.3) is 23.3 Å². The Morgan fingerprint density at radius 1 is 0.968 bits per heavy atom. The van der Waals surface area contributed by atoms with Crippen molar-refractivity contribution in [1.82, 2.24) is 5.32 Å². The first-order chi connectivity index (χ1) is 14.8. The summed E-state index contributed by atoms with van der Waals surface area (Å²) < 4.78 is 0. The van der Waals surface area contributed by atoms with E-state index in [-0.39, 0.29) is 0 Å². The topological polar surface area (TPSA) is 69.6 Å². The van der Waals surface area contributed by atoms with Crippen LogP contribution in [0.5, 0.6) is 0 Å². The van der Waals surface area contributed by atoms with Gasteiger partial charge in [0, 0.05) is 6.54 Å². The normalized spacial score (nSPS) is 13.3. The number of aliphatic hydroxyl groups excluding tert-OH is 1. The first-order valence-electron chi connectivity index (χ1n) is 10.4. The Morgan fingerprint density at radius 3 is 2.35 bits per heavy atom. The molecule has 3 N–H and O–H groups in total. The van der Waals surface area contributed by atoms with Gasteiger partial charge in [-0.2, -0.15) is 0 Å². The molecule has 0 saturated heterocycles. The van der Waals surface area contributed by atoms with Gasteiger partial charge in [-0.05, 0) is 59.7 Å². The van der Waals surface area contributed by atoms with Crippen molar-refractivity contribution in [3.05, 3.63) is 94.5 Å². The highest BCUT2D eigenvalue weighted by molar-refractivity contribution is 5.79. The highest BCUT2D eigenvalue weighted by Crippen LogP contribution is 2.27. The molecule has 0 unspecified atom stereocenters. The second-order valence-corrected chi connectivity index (χ2v) is 8.06. The van der Waals surface area contributed by atoms with Crippen LogP contribution in [0.1, 0.15) is 34.7 Å². The van der Waals surface area contributed by atoms with Gasteiger partial charge in [0.2, 0.25) is 0 Å². The minimum atomic E-state index is -1.37. The molecule has 0 bridgehead atoms. The molecule has 0 aliphatic carbocycles. The molecule has 0 amide bonds. The fraction of sp³-hybridized carbons (Fsp3) is 0.222. The average molecular weight is 416 g/mol. The van der Waals surface area contributed by atoms with Crippen LogP contribution in [0, 0.1) is 13.8 Å². The van der Waals surface area contributed by atoms with E-state index in [1.807, 2.05) is 30.3 Å². The SMILES string of the molecule is Cc1ccc(CN[C@](C)(CO)C(=O)O)cc1/C=C/c1cccc(-c2ccccc2)c1C. The van der Waals surface area contributed by atoms with Crippen LogP contribution in [0.3, 0.4) is 0 Å². The molecule has 0 fully saturated rings. The molecule has 0 aliphatic heterocycles. The second kappa shape index (κ2) is 9.73.